The number of rotatable bonds is 22. The predicted molar refractivity (Wildman–Crippen MR) is 271 cm³/mol. The monoisotopic (exact) mass is 1230 g/mol. The lowest BCUT2D eigenvalue weighted by molar-refractivity contribution is -0.396. The van der Waals surface area contributed by atoms with Gasteiger partial charge < -0.3 is 164 Å². The molecule has 8 rings (SSSR count). The lowest BCUT2D eigenvalue weighted by Crippen LogP contribution is -2.68. The molecule has 0 radical (unpaired) electrons. The van der Waals surface area contributed by atoms with E-state index < -0.39 is 235 Å². The minimum absolute atomic E-state index is 0.207. The average molecular weight is 1240 g/mol. The molecule has 1 amide bonds. The van der Waals surface area contributed by atoms with Crippen molar-refractivity contribution < 1.29 is 158 Å². The van der Waals surface area contributed by atoms with Crippen LogP contribution in [0.2, 0.25) is 0 Å². The fourth-order valence-corrected chi connectivity index (χ4v) is 11.5. The zero-order valence-electron chi connectivity index (χ0n) is 46.5. The lowest BCUT2D eigenvalue weighted by Gasteiger charge is -2.50. The molecular formula is C51H82N2O32. The molecule has 0 aliphatic carbocycles. The first kappa shape index (κ1) is 68.2. The van der Waals surface area contributed by atoms with Gasteiger partial charge in [0.1, 0.15) is 152 Å². The number of carbonyl (C=O) groups excluding carboxylic acids is 1. The number of nitrogens with one attached hydrogen (secondary N) is 1. The van der Waals surface area contributed by atoms with Crippen LogP contribution < -0.4 is 15.8 Å². The third-order valence-corrected chi connectivity index (χ3v) is 16.8. The summed E-state index contributed by atoms with van der Waals surface area (Å²) in [6.45, 7) is -1.60. The Kier molecular flexibility index (Phi) is 23.3. The number of methoxy groups -OCH3 is 2. The highest BCUT2D eigenvalue weighted by Gasteiger charge is 2.58. The summed E-state index contributed by atoms with van der Waals surface area (Å²) in [6, 6.07) is 5.70. The molecule has 0 bridgehead atoms. The Balaban J connectivity index is 0.855. The number of aliphatic hydroxyl groups is 17. The molecule has 7 aliphatic rings. The van der Waals surface area contributed by atoms with Crippen LogP contribution in [0.15, 0.2) is 24.3 Å². The zero-order chi connectivity index (χ0) is 62.1. The SMILES string of the molecule is COC1C(CO)OC(OC2C(CO)OC(OC3C(CO)OC(OC4C(CO)OC(OC5C(CO)OC(OC6C(CO)OC(Oc7ccc(CC8NC(=O)C(N)C8(C)C)cc7)C(O)C6O)C(OC)C5O)C(O)C4O)C(O)C3O)C(O)C2O)C(O)C1O. The van der Waals surface area contributed by atoms with Crippen LogP contribution in [0.4, 0.5) is 0 Å². The van der Waals surface area contributed by atoms with Crippen molar-refractivity contribution in [3.8, 4) is 5.75 Å². The van der Waals surface area contributed by atoms with E-state index >= 15 is 0 Å². The molecule has 1 aromatic rings. The van der Waals surface area contributed by atoms with Crippen LogP contribution in [-0.2, 0) is 72.8 Å². The third kappa shape index (κ3) is 14.0. The molecule has 7 saturated heterocycles. The van der Waals surface area contributed by atoms with Gasteiger partial charge in [-0.25, -0.2) is 0 Å². The third-order valence-electron chi connectivity index (χ3n) is 16.8. The summed E-state index contributed by atoms with van der Waals surface area (Å²) in [7, 11) is 2.32. The van der Waals surface area contributed by atoms with Gasteiger partial charge in [-0.3, -0.25) is 4.79 Å². The van der Waals surface area contributed by atoms with E-state index in [1.54, 1.807) is 24.3 Å². The molecule has 0 aromatic heterocycles. The maximum absolute atomic E-state index is 12.2. The smallest absolute Gasteiger partial charge is 0.237 e. The Labute approximate surface area is 485 Å². The second-order valence-corrected chi connectivity index (χ2v) is 22.5. The Morgan fingerprint density at radius 3 is 1.05 bits per heavy atom. The summed E-state index contributed by atoms with van der Waals surface area (Å²) < 4.78 is 79.9. The topological polar surface area (TPSA) is 528 Å². The highest BCUT2D eigenvalue weighted by molar-refractivity contribution is 5.85. The van der Waals surface area contributed by atoms with Crippen molar-refractivity contribution >= 4 is 5.91 Å². The van der Waals surface area contributed by atoms with Crippen LogP contribution in [0.3, 0.4) is 0 Å². The molecular weight excluding hydrogens is 1150 g/mol. The molecule has 488 valence electrons. The van der Waals surface area contributed by atoms with E-state index in [0.29, 0.717) is 6.42 Å². The Morgan fingerprint density at radius 1 is 0.424 bits per heavy atom. The van der Waals surface area contributed by atoms with E-state index in [1.165, 1.54) is 7.11 Å². The first-order chi connectivity index (χ1) is 40.4. The number of aliphatic hydroxyl groups excluding tert-OH is 17. The van der Waals surface area contributed by atoms with Gasteiger partial charge in [0.2, 0.25) is 12.2 Å². The molecule has 34 heteroatoms. The van der Waals surface area contributed by atoms with Crippen LogP contribution in [-0.4, -0.2) is 343 Å². The number of nitrogens with two attached hydrogens (primary N) is 1. The second kappa shape index (κ2) is 29.0. The van der Waals surface area contributed by atoms with Crippen molar-refractivity contribution in [2.75, 3.05) is 53.9 Å². The number of ether oxygens (including phenoxy) is 14. The van der Waals surface area contributed by atoms with Gasteiger partial charge >= 0.3 is 0 Å². The standard InChI is InChI=1S/C51H82N2O32/c1-51(2)24(53-44(71)43(51)52)9-16-5-7-17(8-6-16)74-45-31(66)26(61)40(22(14-58)76-45)85-50-42(73-4)35(70)41(23(15-59)80-50)84-49-34(69)29(64)39(21(13-57)79-49)83-48-33(68)28(63)38(20(12-56)78-48)82-47-32(67)27(62)37(19(11-55)77-47)81-46-30(65)25(60)36(72-3)18(10-54)75-46/h5-8,18-43,45-50,54-70H,9-15,52H2,1-4H3,(H,53,71). The van der Waals surface area contributed by atoms with Crippen molar-refractivity contribution in [2.45, 2.75) is 217 Å². The van der Waals surface area contributed by atoms with Crippen LogP contribution >= 0.6 is 0 Å². The molecule has 0 saturated carbocycles. The molecule has 32 unspecified atom stereocenters. The molecule has 7 aliphatic heterocycles. The normalized spacial score (nSPS) is 47.8. The molecule has 7 fully saturated rings. The minimum atomic E-state index is -2.17. The van der Waals surface area contributed by atoms with Gasteiger partial charge in [0, 0.05) is 25.7 Å². The molecule has 20 N–H and O–H groups in total. The van der Waals surface area contributed by atoms with Crippen LogP contribution in [0.25, 0.3) is 0 Å². The van der Waals surface area contributed by atoms with E-state index in [2.05, 4.69) is 5.32 Å². The van der Waals surface area contributed by atoms with Gasteiger partial charge in [-0.15, -0.1) is 0 Å². The Bertz CT molecular complexity index is 2240. The average Bonchev–Trinajstić information content (AvgIpc) is 1.98. The van der Waals surface area contributed by atoms with Crippen molar-refractivity contribution in [2.24, 2.45) is 11.1 Å². The molecule has 85 heavy (non-hydrogen) atoms. The van der Waals surface area contributed by atoms with Crippen LogP contribution in [0.5, 0.6) is 5.75 Å². The highest BCUT2D eigenvalue weighted by atomic mass is 16.8. The highest BCUT2D eigenvalue weighted by Crippen LogP contribution is 2.38. The van der Waals surface area contributed by atoms with Gasteiger partial charge in [-0.1, -0.05) is 26.0 Å². The zero-order valence-corrected chi connectivity index (χ0v) is 46.5. The first-order valence-electron chi connectivity index (χ1n) is 27.6. The summed E-state index contributed by atoms with van der Waals surface area (Å²) in [4.78, 5) is 12.2. The second-order valence-electron chi connectivity index (χ2n) is 22.5. The fraction of sp³-hybridized carbons (Fsp3) is 0.863. The van der Waals surface area contributed by atoms with E-state index in [9.17, 15) is 91.6 Å². The van der Waals surface area contributed by atoms with E-state index in [4.69, 9.17) is 72.0 Å². The number of carbonyl (C=O) groups is 1. The summed E-state index contributed by atoms with van der Waals surface area (Å²) in [5.41, 5.74) is 6.39. The summed E-state index contributed by atoms with van der Waals surface area (Å²) in [5, 5.41) is 188. The van der Waals surface area contributed by atoms with E-state index in [0.717, 1.165) is 12.7 Å². The fourth-order valence-electron chi connectivity index (χ4n) is 11.5. The van der Waals surface area contributed by atoms with Crippen molar-refractivity contribution in [1.29, 1.82) is 0 Å². The van der Waals surface area contributed by atoms with Gasteiger partial charge in [0.15, 0.2) is 31.5 Å². The van der Waals surface area contributed by atoms with Crippen LogP contribution in [0.1, 0.15) is 19.4 Å². The summed E-state index contributed by atoms with van der Waals surface area (Å²) >= 11 is 0. The quantitative estimate of drug-likeness (QED) is 0.0513. The largest absolute Gasteiger partial charge is 0.462 e. The number of hydrogen-bond donors (Lipinski definition) is 19. The van der Waals surface area contributed by atoms with Crippen molar-refractivity contribution in [3.05, 3.63) is 29.8 Å². The molecule has 32 atom stereocenters. The molecule has 34 nitrogen and oxygen atoms in total. The molecule has 7 heterocycles. The first-order valence-corrected chi connectivity index (χ1v) is 27.6. The maximum Gasteiger partial charge on any atom is 0.237 e. The molecule has 1 aromatic carbocycles. The number of amides is 1. The molecule has 0 spiro atoms. The number of hydrogen-bond acceptors (Lipinski definition) is 33. The number of benzene rings is 1. The van der Waals surface area contributed by atoms with E-state index in [-0.39, 0.29) is 17.7 Å². The van der Waals surface area contributed by atoms with Gasteiger partial charge in [0.05, 0.1) is 45.7 Å². The predicted octanol–water partition coefficient (Wildman–Crippen LogP) is -11.3. The summed E-state index contributed by atoms with van der Waals surface area (Å²) in [6.07, 6.45) is -52.8. The van der Waals surface area contributed by atoms with Crippen molar-refractivity contribution in [1.82, 2.24) is 5.32 Å². The minimum Gasteiger partial charge on any atom is -0.462 e. The van der Waals surface area contributed by atoms with Gasteiger partial charge in [-0.05, 0) is 24.1 Å². The van der Waals surface area contributed by atoms with Gasteiger partial charge in [0.25, 0.3) is 0 Å². The van der Waals surface area contributed by atoms with Gasteiger partial charge in [-0.2, -0.15) is 0 Å². The lowest BCUT2D eigenvalue weighted by atomic mass is 9.79. The Morgan fingerprint density at radius 2 is 0.718 bits per heavy atom. The van der Waals surface area contributed by atoms with Crippen LogP contribution in [0, 0.1) is 5.41 Å². The van der Waals surface area contributed by atoms with E-state index in [1.807, 2.05) is 13.8 Å². The van der Waals surface area contributed by atoms with Crippen molar-refractivity contribution in [3.63, 3.8) is 0 Å². The maximum atomic E-state index is 12.2. The summed E-state index contributed by atoms with van der Waals surface area (Å²) in [5.74, 6) is -0.0443. The Hall–Kier alpha value is -2.75.